The van der Waals surface area contributed by atoms with Crippen molar-refractivity contribution in [2.45, 2.75) is 32.7 Å². The molecule has 12 heavy (non-hydrogen) atoms. The van der Waals surface area contributed by atoms with Gasteiger partial charge < -0.3 is 15.2 Å². The molecule has 0 spiro atoms. The van der Waals surface area contributed by atoms with Crippen LogP contribution >= 0.6 is 0 Å². The molecule has 3 nitrogen and oxygen atoms in total. The summed E-state index contributed by atoms with van der Waals surface area (Å²) in [7, 11) is 0. The molecule has 0 aliphatic rings. The Morgan fingerprint density at radius 1 is 1.17 bits per heavy atom. The summed E-state index contributed by atoms with van der Waals surface area (Å²) in [5.41, 5.74) is 5.49. The second kappa shape index (κ2) is 8.97. The van der Waals surface area contributed by atoms with Crippen LogP contribution < -0.4 is 5.73 Å². The van der Waals surface area contributed by atoms with Crippen molar-refractivity contribution in [3.63, 3.8) is 0 Å². The van der Waals surface area contributed by atoms with Gasteiger partial charge in [0.15, 0.2) is 0 Å². The summed E-state index contributed by atoms with van der Waals surface area (Å²) in [6.45, 7) is 6.89. The van der Waals surface area contributed by atoms with Gasteiger partial charge in [0.2, 0.25) is 0 Å². The van der Waals surface area contributed by atoms with Crippen molar-refractivity contribution in [2.24, 2.45) is 5.73 Å². The van der Waals surface area contributed by atoms with Crippen molar-refractivity contribution in [3.8, 4) is 0 Å². The topological polar surface area (TPSA) is 44.5 Å². The molecule has 0 unspecified atom stereocenters. The van der Waals surface area contributed by atoms with Crippen LogP contribution in [0.2, 0.25) is 0 Å². The van der Waals surface area contributed by atoms with Crippen molar-refractivity contribution >= 4 is 0 Å². The summed E-state index contributed by atoms with van der Waals surface area (Å²) in [5.74, 6) is 0. The highest BCUT2D eigenvalue weighted by molar-refractivity contribution is 4.47. The zero-order valence-electron chi connectivity index (χ0n) is 8.21. The van der Waals surface area contributed by atoms with Gasteiger partial charge in [-0.2, -0.15) is 0 Å². The lowest BCUT2D eigenvalue weighted by Gasteiger charge is -2.06. The van der Waals surface area contributed by atoms with E-state index < -0.39 is 0 Å². The normalized spacial score (nSPS) is 13.2. The molecule has 0 aromatic heterocycles. The monoisotopic (exact) mass is 175 g/mol. The molecular formula is C9H21NO2. The third-order valence-corrected chi connectivity index (χ3v) is 1.39. The summed E-state index contributed by atoms with van der Waals surface area (Å²) in [5, 5.41) is 0. The molecule has 0 heterocycles. The lowest BCUT2D eigenvalue weighted by Crippen LogP contribution is -2.23. The van der Waals surface area contributed by atoms with Gasteiger partial charge in [-0.25, -0.2) is 0 Å². The molecule has 1 atom stereocenters. The number of hydrogen-bond acceptors (Lipinski definition) is 3. The third kappa shape index (κ3) is 9.88. The minimum absolute atomic E-state index is 0.126. The van der Waals surface area contributed by atoms with Gasteiger partial charge in [0.05, 0.1) is 19.8 Å². The van der Waals surface area contributed by atoms with Crippen molar-refractivity contribution in [1.82, 2.24) is 0 Å². The maximum absolute atomic E-state index is 5.49. The van der Waals surface area contributed by atoms with E-state index in [1.807, 2.05) is 6.92 Å². The summed E-state index contributed by atoms with van der Waals surface area (Å²) in [6, 6.07) is 0.126. The number of rotatable bonds is 8. The van der Waals surface area contributed by atoms with Crippen LogP contribution in [-0.4, -0.2) is 32.5 Å². The summed E-state index contributed by atoms with van der Waals surface area (Å²) < 4.78 is 10.5. The average Bonchev–Trinajstić information content (AvgIpc) is 2.02. The van der Waals surface area contributed by atoms with Gasteiger partial charge in [0.1, 0.15) is 0 Å². The van der Waals surface area contributed by atoms with Gasteiger partial charge >= 0.3 is 0 Å². The Morgan fingerprint density at radius 3 is 2.42 bits per heavy atom. The van der Waals surface area contributed by atoms with E-state index in [1.54, 1.807) is 0 Å². The Balaban J connectivity index is 2.82. The van der Waals surface area contributed by atoms with E-state index in [2.05, 4.69) is 6.92 Å². The molecule has 0 aliphatic heterocycles. The number of ether oxygens (including phenoxy) is 2. The maximum atomic E-state index is 5.49. The van der Waals surface area contributed by atoms with Gasteiger partial charge in [-0.3, -0.25) is 0 Å². The first kappa shape index (κ1) is 11.9. The quantitative estimate of drug-likeness (QED) is 0.563. The van der Waals surface area contributed by atoms with Crippen LogP contribution in [0.4, 0.5) is 0 Å². The summed E-state index contributed by atoms with van der Waals surface area (Å²) in [4.78, 5) is 0. The van der Waals surface area contributed by atoms with Crippen LogP contribution in [0, 0.1) is 0 Å². The van der Waals surface area contributed by atoms with Crippen molar-refractivity contribution < 1.29 is 9.47 Å². The largest absolute Gasteiger partial charge is 0.379 e. The molecule has 0 aromatic carbocycles. The first-order chi connectivity index (χ1) is 5.77. The Bertz CT molecular complexity index is 86.6. The van der Waals surface area contributed by atoms with Gasteiger partial charge in [0.25, 0.3) is 0 Å². The van der Waals surface area contributed by atoms with Gasteiger partial charge in [0, 0.05) is 12.6 Å². The predicted molar refractivity (Wildman–Crippen MR) is 50.2 cm³/mol. The molecular weight excluding hydrogens is 154 g/mol. The van der Waals surface area contributed by atoms with Crippen molar-refractivity contribution in [2.75, 3.05) is 26.4 Å². The van der Waals surface area contributed by atoms with E-state index in [-0.39, 0.29) is 6.04 Å². The van der Waals surface area contributed by atoms with Crippen LogP contribution in [-0.2, 0) is 9.47 Å². The highest BCUT2D eigenvalue weighted by Crippen LogP contribution is 1.88. The van der Waals surface area contributed by atoms with Crippen molar-refractivity contribution in [3.05, 3.63) is 0 Å². The predicted octanol–water partition coefficient (Wildman–Crippen LogP) is 1.17. The highest BCUT2D eigenvalue weighted by Gasteiger charge is 1.93. The van der Waals surface area contributed by atoms with E-state index in [0.717, 1.165) is 13.0 Å². The molecule has 0 radical (unpaired) electrons. The van der Waals surface area contributed by atoms with E-state index in [1.165, 1.54) is 6.42 Å². The molecule has 74 valence electrons. The van der Waals surface area contributed by atoms with Crippen molar-refractivity contribution in [1.29, 1.82) is 0 Å². The Morgan fingerprint density at radius 2 is 1.83 bits per heavy atom. The van der Waals surface area contributed by atoms with Crippen LogP contribution in [0.25, 0.3) is 0 Å². The van der Waals surface area contributed by atoms with Gasteiger partial charge in [-0.15, -0.1) is 0 Å². The molecule has 0 fully saturated rings. The average molecular weight is 175 g/mol. The van der Waals surface area contributed by atoms with E-state index >= 15 is 0 Å². The molecule has 0 bridgehead atoms. The number of nitrogens with two attached hydrogens (primary N) is 1. The standard InChI is InChI=1S/C9H21NO2/c1-3-4-5-11-6-7-12-8-9(2)10/h9H,3-8,10H2,1-2H3/t9-/m0/s1. The smallest absolute Gasteiger partial charge is 0.0701 e. The maximum Gasteiger partial charge on any atom is 0.0701 e. The fraction of sp³-hybridized carbons (Fsp3) is 1.00. The molecule has 0 amide bonds. The van der Waals surface area contributed by atoms with Crippen LogP contribution in [0.1, 0.15) is 26.7 Å². The highest BCUT2D eigenvalue weighted by atomic mass is 16.5. The second-order valence-electron chi connectivity index (χ2n) is 3.02. The molecule has 2 N–H and O–H groups in total. The summed E-state index contributed by atoms with van der Waals surface area (Å²) >= 11 is 0. The fourth-order valence-corrected chi connectivity index (χ4v) is 0.736. The molecule has 0 saturated heterocycles. The second-order valence-corrected chi connectivity index (χ2v) is 3.02. The Labute approximate surface area is 75.2 Å². The van der Waals surface area contributed by atoms with Crippen LogP contribution in [0.15, 0.2) is 0 Å². The SMILES string of the molecule is CCCCOCCOC[C@H](C)N. The molecule has 0 aliphatic carbocycles. The Kier molecular flexibility index (Phi) is 8.88. The van der Waals surface area contributed by atoms with E-state index in [9.17, 15) is 0 Å². The van der Waals surface area contributed by atoms with E-state index in [0.29, 0.717) is 19.8 Å². The lowest BCUT2D eigenvalue weighted by atomic mass is 10.4. The van der Waals surface area contributed by atoms with Gasteiger partial charge in [-0.1, -0.05) is 13.3 Å². The fourth-order valence-electron chi connectivity index (χ4n) is 0.736. The van der Waals surface area contributed by atoms with Crippen LogP contribution in [0.5, 0.6) is 0 Å². The molecule has 0 rings (SSSR count). The molecule has 3 heteroatoms. The minimum atomic E-state index is 0.126. The number of hydrogen-bond donors (Lipinski definition) is 1. The minimum Gasteiger partial charge on any atom is -0.379 e. The molecule has 0 aromatic rings. The molecule has 0 saturated carbocycles. The van der Waals surface area contributed by atoms with Gasteiger partial charge in [-0.05, 0) is 13.3 Å². The third-order valence-electron chi connectivity index (χ3n) is 1.39. The zero-order valence-corrected chi connectivity index (χ0v) is 8.21. The number of unbranched alkanes of at least 4 members (excludes halogenated alkanes) is 1. The lowest BCUT2D eigenvalue weighted by molar-refractivity contribution is 0.0431. The van der Waals surface area contributed by atoms with E-state index in [4.69, 9.17) is 15.2 Å². The zero-order chi connectivity index (χ0) is 9.23. The first-order valence-electron chi connectivity index (χ1n) is 4.68. The Hall–Kier alpha value is -0.120. The van der Waals surface area contributed by atoms with Crippen LogP contribution in [0.3, 0.4) is 0 Å². The summed E-state index contributed by atoms with van der Waals surface area (Å²) in [6.07, 6.45) is 2.31. The first-order valence-corrected chi connectivity index (χ1v) is 4.68.